The fourth-order valence-corrected chi connectivity index (χ4v) is 1.46. The highest BCUT2D eigenvalue weighted by Crippen LogP contribution is 2.20. The third-order valence-corrected chi connectivity index (χ3v) is 2.23. The van der Waals surface area contributed by atoms with Crippen molar-refractivity contribution in [2.45, 2.75) is 5.88 Å². The van der Waals surface area contributed by atoms with E-state index in [9.17, 15) is 0 Å². The molecule has 0 atom stereocenters. The van der Waals surface area contributed by atoms with E-state index in [2.05, 4.69) is 20.9 Å². The Hall–Kier alpha value is -0.540. The molecule has 1 aromatic carbocycles. The zero-order chi connectivity index (χ0) is 8.55. The van der Waals surface area contributed by atoms with Crippen LogP contribution in [0.5, 0.6) is 0 Å². The highest BCUT2D eigenvalue weighted by atomic mass is 79.9. The first-order valence-electron chi connectivity index (χ1n) is 3.40. The van der Waals surface area contributed by atoms with Gasteiger partial charge in [-0.05, 0) is 18.2 Å². The molecule has 0 aliphatic heterocycles. The number of hydrogen-bond acceptors (Lipinski definition) is 2. The second kappa shape index (κ2) is 3.07. The molecule has 62 valence electrons. The number of rotatable bonds is 1. The fourth-order valence-electron chi connectivity index (χ4n) is 1.00. The summed E-state index contributed by atoms with van der Waals surface area (Å²) in [4.78, 5) is 4.15. The van der Waals surface area contributed by atoms with Crippen LogP contribution in [0, 0.1) is 0 Å². The Labute approximate surface area is 82.7 Å². The van der Waals surface area contributed by atoms with E-state index in [0.717, 1.165) is 15.6 Å². The standard InChI is InChI=1S/C8H5BrClNO/c9-5-1-2-6-7(3-5)12-8(4-10)11-6/h1-3H,4H2. The average Bonchev–Trinajstić information content (AvgIpc) is 2.46. The molecule has 0 saturated heterocycles. The molecule has 4 heteroatoms. The van der Waals surface area contributed by atoms with Crippen LogP contribution in [0.3, 0.4) is 0 Å². The van der Waals surface area contributed by atoms with Crippen molar-refractivity contribution in [3.05, 3.63) is 28.6 Å². The predicted octanol–water partition coefficient (Wildman–Crippen LogP) is 3.33. The van der Waals surface area contributed by atoms with Gasteiger partial charge in [0.25, 0.3) is 0 Å². The van der Waals surface area contributed by atoms with Crippen molar-refractivity contribution in [1.82, 2.24) is 4.98 Å². The molecule has 0 amide bonds. The fraction of sp³-hybridized carbons (Fsp3) is 0.125. The van der Waals surface area contributed by atoms with Gasteiger partial charge >= 0.3 is 0 Å². The van der Waals surface area contributed by atoms with Gasteiger partial charge in [0.15, 0.2) is 5.58 Å². The molecule has 0 aliphatic rings. The van der Waals surface area contributed by atoms with Crippen LogP contribution in [0.25, 0.3) is 11.1 Å². The Balaban J connectivity index is 2.67. The van der Waals surface area contributed by atoms with Gasteiger partial charge in [0, 0.05) is 4.47 Å². The molecule has 2 rings (SSSR count). The molecule has 0 saturated carbocycles. The lowest BCUT2D eigenvalue weighted by Gasteiger charge is -1.86. The molecular formula is C8H5BrClNO. The molecule has 12 heavy (non-hydrogen) atoms. The third-order valence-electron chi connectivity index (χ3n) is 1.51. The number of hydrogen-bond donors (Lipinski definition) is 0. The van der Waals surface area contributed by atoms with Gasteiger partial charge in [0.1, 0.15) is 5.52 Å². The quantitative estimate of drug-likeness (QED) is 0.721. The maximum absolute atomic E-state index is 5.57. The van der Waals surface area contributed by atoms with Crippen LogP contribution in [-0.2, 0) is 5.88 Å². The van der Waals surface area contributed by atoms with Crippen molar-refractivity contribution in [3.63, 3.8) is 0 Å². The molecule has 1 heterocycles. The van der Waals surface area contributed by atoms with Gasteiger partial charge in [-0.25, -0.2) is 4.98 Å². The molecule has 0 unspecified atom stereocenters. The molecule has 2 nitrogen and oxygen atoms in total. The van der Waals surface area contributed by atoms with Crippen molar-refractivity contribution in [2.75, 3.05) is 0 Å². The Morgan fingerprint density at radius 2 is 2.33 bits per heavy atom. The zero-order valence-corrected chi connectivity index (χ0v) is 8.39. The first-order valence-corrected chi connectivity index (χ1v) is 4.73. The van der Waals surface area contributed by atoms with E-state index in [0.29, 0.717) is 11.8 Å². The van der Waals surface area contributed by atoms with Crippen LogP contribution in [0.2, 0.25) is 0 Å². The summed E-state index contributed by atoms with van der Waals surface area (Å²) >= 11 is 8.91. The van der Waals surface area contributed by atoms with E-state index in [1.165, 1.54) is 0 Å². The highest BCUT2D eigenvalue weighted by molar-refractivity contribution is 9.10. The summed E-state index contributed by atoms with van der Waals surface area (Å²) in [7, 11) is 0. The molecule has 0 N–H and O–H groups in total. The summed E-state index contributed by atoms with van der Waals surface area (Å²) in [6, 6.07) is 5.68. The number of alkyl halides is 1. The first-order chi connectivity index (χ1) is 5.79. The van der Waals surface area contributed by atoms with Crippen molar-refractivity contribution in [3.8, 4) is 0 Å². The Morgan fingerprint density at radius 1 is 1.50 bits per heavy atom. The summed E-state index contributed by atoms with van der Waals surface area (Å²) in [5.74, 6) is 0.872. The Morgan fingerprint density at radius 3 is 3.08 bits per heavy atom. The van der Waals surface area contributed by atoms with Gasteiger partial charge in [-0.15, -0.1) is 11.6 Å². The minimum Gasteiger partial charge on any atom is -0.439 e. The smallest absolute Gasteiger partial charge is 0.210 e. The summed E-state index contributed by atoms with van der Waals surface area (Å²) in [5, 5.41) is 0. The van der Waals surface area contributed by atoms with E-state index in [1.807, 2.05) is 18.2 Å². The maximum Gasteiger partial charge on any atom is 0.210 e. The Kier molecular flexibility index (Phi) is 2.07. The number of benzene rings is 1. The second-order valence-corrected chi connectivity index (χ2v) is 3.54. The van der Waals surface area contributed by atoms with Gasteiger partial charge in [-0.2, -0.15) is 0 Å². The lowest BCUT2D eigenvalue weighted by atomic mass is 10.3. The van der Waals surface area contributed by atoms with Crippen LogP contribution < -0.4 is 0 Å². The number of oxazole rings is 1. The van der Waals surface area contributed by atoms with Crippen LogP contribution in [0.15, 0.2) is 27.1 Å². The molecule has 0 bridgehead atoms. The van der Waals surface area contributed by atoms with Crippen molar-refractivity contribution < 1.29 is 4.42 Å². The van der Waals surface area contributed by atoms with E-state index >= 15 is 0 Å². The normalized spacial score (nSPS) is 10.8. The third kappa shape index (κ3) is 1.34. The molecular weight excluding hydrogens is 241 g/mol. The van der Waals surface area contributed by atoms with E-state index in [-0.39, 0.29) is 0 Å². The summed E-state index contributed by atoms with van der Waals surface area (Å²) in [6.45, 7) is 0. The van der Waals surface area contributed by atoms with Crippen LogP contribution in [0.4, 0.5) is 0 Å². The monoisotopic (exact) mass is 245 g/mol. The number of fused-ring (bicyclic) bond motifs is 1. The van der Waals surface area contributed by atoms with Gasteiger partial charge < -0.3 is 4.42 Å². The molecule has 0 spiro atoms. The summed E-state index contributed by atoms with van der Waals surface area (Å²) in [5.41, 5.74) is 1.61. The largest absolute Gasteiger partial charge is 0.439 e. The van der Waals surface area contributed by atoms with Gasteiger partial charge in [0.2, 0.25) is 5.89 Å². The number of halogens is 2. The van der Waals surface area contributed by atoms with Gasteiger partial charge in [0.05, 0.1) is 5.88 Å². The molecule has 2 aromatic rings. The van der Waals surface area contributed by atoms with Crippen LogP contribution in [-0.4, -0.2) is 4.98 Å². The molecule has 0 aliphatic carbocycles. The maximum atomic E-state index is 5.57. The van der Waals surface area contributed by atoms with Gasteiger partial charge in [-0.3, -0.25) is 0 Å². The summed E-state index contributed by atoms with van der Waals surface area (Å²) < 4.78 is 6.30. The molecule has 0 radical (unpaired) electrons. The molecule has 0 fully saturated rings. The lowest BCUT2D eigenvalue weighted by Crippen LogP contribution is -1.72. The Bertz CT molecular complexity index is 412. The van der Waals surface area contributed by atoms with Crippen molar-refractivity contribution >= 4 is 38.6 Å². The predicted molar refractivity (Wildman–Crippen MR) is 51.3 cm³/mol. The molecule has 1 aromatic heterocycles. The second-order valence-electron chi connectivity index (χ2n) is 2.35. The SMILES string of the molecule is ClCc1nc2ccc(Br)cc2o1. The zero-order valence-electron chi connectivity index (χ0n) is 6.05. The number of nitrogens with zero attached hydrogens (tertiary/aromatic N) is 1. The number of aromatic nitrogens is 1. The van der Waals surface area contributed by atoms with Crippen molar-refractivity contribution in [1.29, 1.82) is 0 Å². The first kappa shape index (κ1) is 8.08. The average molecular weight is 246 g/mol. The van der Waals surface area contributed by atoms with E-state index < -0.39 is 0 Å². The minimum absolute atomic E-state index is 0.312. The summed E-state index contributed by atoms with van der Waals surface area (Å²) in [6.07, 6.45) is 0. The van der Waals surface area contributed by atoms with E-state index in [4.69, 9.17) is 16.0 Å². The van der Waals surface area contributed by atoms with Crippen LogP contribution in [0.1, 0.15) is 5.89 Å². The van der Waals surface area contributed by atoms with Crippen molar-refractivity contribution in [2.24, 2.45) is 0 Å². The topological polar surface area (TPSA) is 26.0 Å². The van der Waals surface area contributed by atoms with E-state index in [1.54, 1.807) is 0 Å². The minimum atomic E-state index is 0.312. The van der Waals surface area contributed by atoms with Crippen LogP contribution >= 0.6 is 27.5 Å². The lowest BCUT2D eigenvalue weighted by molar-refractivity contribution is 0.554. The van der Waals surface area contributed by atoms with Gasteiger partial charge in [-0.1, -0.05) is 15.9 Å². The highest BCUT2D eigenvalue weighted by Gasteiger charge is 2.03.